The number of allylic oxidation sites excluding steroid dienone is 8. The molecule has 0 saturated heterocycles. The van der Waals surface area contributed by atoms with E-state index in [9.17, 15) is 14.4 Å². The smallest absolute Gasteiger partial charge is 0.306 e. The van der Waals surface area contributed by atoms with Crippen LogP contribution in [0.25, 0.3) is 0 Å². The predicted molar refractivity (Wildman–Crippen MR) is 321 cm³/mol. The molecule has 0 spiro atoms. The number of carbonyl (C=O) groups excluding carboxylic acids is 3. The molecule has 0 aromatic heterocycles. The van der Waals surface area contributed by atoms with Crippen LogP contribution in [-0.2, 0) is 28.6 Å². The molecule has 1 atom stereocenters. The fourth-order valence-corrected chi connectivity index (χ4v) is 9.76. The molecular weight excluding hydrogens is 913 g/mol. The molecule has 0 aromatic carbocycles. The van der Waals surface area contributed by atoms with E-state index in [-0.39, 0.29) is 37.5 Å². The number of hydrogen-bond acceptors (Lipinski definition) is 6. The van der Waals surface area contributed by atoms with Crippen LogP contribution in [0.5, 0.6) is 0 Å². The molecule has 0 saturated carbocycles. The van der Waals surface area contributed by atoms with Crippen LogP contribution < -0.4 is 0 Å². The second-order valence-corrected chi connectivity index (χ2v) is 22.0. The molecule has 0 aliphatic rings. The maximum Gasteiger partial charge on any atom is 0.306 e. The van der Waals surface area contributed by atoms with E-state index in [2.05, 4.69) is 63.3 Å². The first kappa shape index (κ1) is 71.4. The Hall–Kier alpha value is -2.63. The second-order valence-electron chi connectivity index (χ2n) is 22.0. The van der Waals surface area contributed by atoms with Crippen molar-refractivity contribution in [1.82, 2.24) is 0 Å². The van der Waals surface area contributed by atoms with Crippen LogP contribution in [0.3, 0.4) is 0 Å². The van der Waals surface area contributed by atoms with E-state index in [4.69, 9.17) is 14.2 Å². The average molecular weight is 1040 g/mol. The number of esters is 3. The molecule has 0 aliphatic heterocycles. The van der Waals surface area contributed by atoms with Crippen LogP contribution in [0.4, 0.5) is 0 Å². The van der Waals surface area contributed by atoms with Crippen molar-refractivity contribution in [1.29, 1.82) is 0 Å². The fourth-order valence-electron chi connectivity index (χ4n) is 9.76. The van der Waals surface area contributed by atoms with Gasteiger partial charge in [-0.25, -0.2) is 0 Å². The fraction of sp³-hybridized carbons (Fsp3) is 0.838. The summed E-state index contributed by atoms with van der Waals surface area (Å²) in [5.74, 6) is -0.952. The first-order valence-corrected chi connectivity index (χ1v) is 32.6. The largest absolute Gasteiger partial charge is 0.462 e. The molecule has 0 N–H and O–H groups in total. The van der Waals surface area contributed by atoms with Gasteiger partial charge in [0.2, 0.25) is 0 Å². The number of rotatable bonds is 60. The second kappa shape index (κ2) is 62.9. The topological polar surface area (TPSA) is 78.9 Å². The first-order valence-electron chi connectivity index (χ1n) is 32.6. The molecule has 432 valence electrons. The van der Waals surface area contributed by atoms with Gasteiger partial charge in [-0.2, -0.15) is 0 Å². The summed E-state index contributed by atoms with van der Waals surface area (Å²) >= 11 is 0. The highest BCUT2D eigenvalue weighted by Gasteiger charge is 2.19. The zero-order valence-electron chi connectivity index (χ0n) is 49.6. The summed E-state index contributed by atoms with van der Waals surface area (Å²) in [6, 6.07) is 0. The van der Waals surface area contributed by atoms with Gasteiger partial charge in [-0.05, 0) is 44.9 Å². The molecule has 1 unspecified atom stereocenters. The van der Waals surface area contributed by atoms with Crippen LogP contribution in [-0.4, -0.2) is 37.2 Å². The Morgan fingerprint density at radius 2 is 0.527 bits per heavy atom. The third-order valence-electron chi connectivity index (χ3n) is 14.6. The van der Waals surface area contributed by atoms with E-state index in [1.165, 1.54) is 238 Å². The van der Waals surface area contributed by atoms with Gasteiger partial charge in [-0.1, -0.05) is 333 Å². The maximum atomic E-state index is 12.9. The Kier molecular flexibility index (Phi) is 60.7. The van der Waals surface area contributed by atoms with Crippen molar-refractivity contribution in [2.45, 2.75) is 354 Å². The lowest BCUT2D eigenvalue weighted by Crippen LogP contribution is -2.30. The molecule has 6 nitrogen and oxygen atoms in total. The minimum absolute atomic E-state index is 0.0900. The van der Waals surface area contributed by atoms with Crippen LogP contribution in [0.2, 0.25) is 0 Å². The zero-order chi connectivity index (χ0) is 53.6. The van der Waals surface area contributed by atoms with Crippen molar-refractivity contribution < 1.29 is 28.6 Å². The van der Waals surface area contributed by atoms with Crippen LogP contribution >= 0.6 is 0 Å². The number of hydrogen-bond donors (Lipinski definition) is 0. The minimum atomic E-state index is -0.799. The molecule has 74 heavy (non-hydrogen) atoms. The van der Waals surface area contributed by atoms with Crippen LogP contribution in [0, 0.1) is 0 Å². The van der Waals surface area contributed by atoms with E-state index < -0.39 is 6.10 Å². The highest BCUT2D eigenvalue weighted by Crippen LogP contribution is 2.18. The van der Waals surface area contributed by atoms with Gasteiger partial charge in [-0.3, -0.25) is 14.4 Å². The lowest BCUT2D eigenvalue weighted by atomic mass is 10.0. The SMILES string of the molecule is CC/C=C\C/C=C\C/C=C\C/C=C\CCC(=O)OCC(COC(=O)CCCCCCCCCCCCCCCCCCCCCCCCCCC)OC(=O)CCCCCCCCCCCCCCCCCCCC. The molecule has 0 rings (SSSR count). The third kappa shape index (κ3) is 60.2. The van der Waals surface area contributed by atoms with E-state index in [1.54, 1.807) is 0 Å². The van der Waals surface area contributed by atoms with E-state index >= 15 is 0 Å². The molecule has 0 aliphatic carbocycles. The van der Waals surface area contributed by atoms with Crippen molar-refractivity contribution in [2.24, 2.45) is 0 Å². The summed E-state index contributed by atoms with van der Waals surface area (Å²) in [6.07, 6.45) is 78.7. The van der Waals surface area contributed by atoms with Crippen molar-refractivity contribution in [3.63, 3.8) is 0 Å². The number of carbonyl (C=O) groups is 3. The van der Waals surface area contributed by atoms with E-state index in [1.807, 2.05) is 6.08 Å². The summed E-state index contributed by atoms with van der Waals surface area (Å²) < 4.78 is 16.9. The highest BCUT2D eigenvalue weighted by atomic mass is 16.6. The molecule has 0 aromatic rings. The van der Waals surface area contributed by atoms with E-state index in [0.29, 0.717) is 19.3 Å². The summed E-state index contributed by atoms with van der Waals surface area (Å²) in [5, 5.41) is 0. The molecular formula is C68H124O6. The summed E-state index contributed by atoms with van der Waals surface area (Å²) in [6.45, 7) is 6.52. The van der Waals surface area contributed by atoms with Crippen LogP contribution in [0.1, 0.15) is 348 Å². The van der Waals surface area contributed by atoms with Crippen LogP contribution in [0.15, 0.2) is 48.6 Å². The average Bonchev–Trinajstić information content (AvgIpc) is 3.40. The third-order valence-corrected chi connectivity index (χ3v) is 14.6. The van der Waals surface area contributed by atoms with Gasteiger partial charge in [0.15, 0.2) is 6.10 Å². The van der Waals surface area contributed by atoms with Crippen molar-refractivity contribution in [3.8, 4) is 0 Å². The van der Waals surface area contributed by atoms with Gasteiger partial charge in [-0.15, -0.1) is 0 Å². The first-order chi connectivity index (χ1) is 36.5. The molecule has 6 heteroatoms. The number of ether oxygens (including phenoxy) is 3. The summed E-state index contributed by atoms with van der Waals surface area (Å²) in [7, 11) is 0. The van der Waals surface area contributed by atoms with E-state index in [0.717, 1.165) is 64.2 Å². The monoisotopic (exact) mass is 1040 g/mol. The molecule has 0 heterocycles. The Morgan fingerprint density at radius 3 is 0.824 bits per heavy atom. The molecule has 0 fully saturated rings. The number of unbranched alkanes of at least 4 members (excludes halogenated alkanes) is 41. The van der Waals surface area contributed by atoms with Gasteiger partial charge in [0.25, 0.3) is 0 Å². The van der Waals surface area contributed by atoms with Gasteiger partial charge in [0, 0.05) is 19.3 Å². The predicted octanol–water partition coefficient (Wildman–Crippen LogP) is 22.2. The molecule has 0 bridgehead atoms. The summed E-state index contributed by atoms with van der Waals surface area (Å²) in [4.78, 5) is 38.2. The maximum absolute atomic E-state index is 12.9. The Morgan fingerprint density at radius 1 is 0.284 bits per heavy atom. The molecule has 0 radical (unpaired) electrons. The van der Waals surface area contributed by atoms with Crippen molar-refractivity contribution in [3.05, 3.63) is 48.6 Å². The van der Waals surface area contributed by atoms with Gasteiger partial charge < -0.3 is 14.2 Å². The van der Waals surface area contributed by atoms with Gasteiger partial charge >= 0.3 is 17.9 Å². The van der Waals surface area contributed by atoms with Gasteiger partial charge in [0.05, 0.1) is 0 Å². The Bertz CT molecular complexity index is 1280. The standard InChI is InChI=1S/C68H124O6/c1-4-7-10-13-16-19-22-25-27-29-31-32-33-34-35-36-37-39-40-43-46-49-52-55-58-61-67(70)73-64-65(63-72-66(69)60-57-54-51-48-45-42-24-21-18-15-12-9-6-3)74-68(71)62-59-56-53-50-47-44-41-38-30-28-26-23-20-17-14-11-8-5-2/h9,12,18,21,42,45,51,54,65H,4-8,10-11,13-17,19-20,22-41,43-44,46-50,52-53,55-64H2,1-3H3/b12-9-,21-18-,45-42-,54-51-. The Balaban J connectivity index is 4.26. The molecule has 0 amide bonds. The summed E-state index contributed by atoms with van der Waals surface area (Å²) in [5.41, 5.74) is 0. The minimum Gasteiger partial charge on any atom is -0.462 e. The zero-order valence-corrected chi connectivity index (χ0v) is 49.6. The van der Waals surface area contributed by atoms with Crippen molar-refractivity contribution >= 4 is 17.9 Å². The Labute approximate surface area is 460 Å². The normalized spacial score (nSPS) is 12.3. The lowest BCUT2D eigenvalue weighted by molar-refractivity contribution is -0.166. The van der Waals surface area contributed by atoms with Gasteiger partial charge in [0.1, 0.15) is 13.2 Å². The van der Waals surface area contributed by atoms with Crippen molar-refractivity contribution in [2.75, 3.05) is 13.2 Å². The highest BCUT2D eigenvalue weighted by molar-refractivity contribution is 5.71. The lowest BCUT2D eigenvalue weighted by Gasteiger charge is -2.18. The quantitative estimate of drug-likeness (QED) is 0.0261.